The average molecular weight is 563 g/mol. The van der Waals surface area contributed by atoms with Gasteiger partial charge in [0.2, 0.25) is 5.28 Å². The van der Waals surface area contributed by atoms with E-state index in [0.29, 0.717) is 22.8 Å². The van der Waals surface area contributed by atoms with E-state index in [1.54, 1.807) is 6.92 Å². The molecule has 1 aliphatic carbocycles. The molecule has 0 saturated heterocycles. The molecule has 1 saturated carbocycles. The summed E-state index contributed by atoms with van der Waals surface area (Å²) in [6.45, 7) is 1.80. The fourth-order valence-electron chi connectivity index (χ4n) is 5.27. The average Bonchev–Trinajstić information content (AvgIpc) is 3.45. The van der Waals surface area contributed by atoms with Crippen molar-refractivity contribution in [3.63, 3.8) is 0 Å². The second-order valence-electron chi connectivity index (χ2n) is 9.51. The Balaban J connectivity index is 1.44. The number of amides is 1. The van der Waals surface area contributed by atoms with Crippen molar-refractivity contribution in [1.29, 1.82) is 0 Å². The molecule has 2 heterocycles. The monoisotopic (exact) mass is 562 g/mol. The first-order chi connectivity index (χ1) is 18.6. The van der Waals surface area contributed by atoms with Crippen LogP contribution in [0.4, 0.5) is 19.0 Å². The summed E-state index contributed by atoms with van der Waals surface area (Å²) in [6, 6.07) is 11.7. The molecule has 1 aliphatic rings. The number of alkyl halides is 3. The van der Waals surface area contributed by atoms with Crippen LogP contribution in [0.15, 0.2) is 48.8 Å². The number of hydrogen-bond acceptors (Lipinski definition) is 7. The number of anilines is 1. The Morgan fingerprint density at radius 3 is 2.64 bits per heavy atom. The molecule has 39 heavy (non-hydrogen) atoms. The molecular weight excluding hydrogens is 537 g/mol. The molecule has 1 amide bonds. The lowest BCUT2D eigenvalue weighted by atomic mass is 10.0. The first kappa shape index (κ1) is 27.1. The van der Waals surface area contributed by atoms with E-state index in [2.05, 4.69) is 20.3 Å². The zero-order valence-electron chi connectivity index (χ0n) is 20.8. The van der Waals surface area contributed by atoms with Crippen molar-refractivity contribution in [1.82, 2.24) is 24.4 Å². The molecule has 4 aromatic rings. The first-order valence-corrected chi connectivity index (χ1v) is 12.8. The zero-order valence-corrected chi connectivity index (χ0v) is 21.6. The number of benzene rings is 2. The first-order valence-electron chi connectivity index (χ1n) is 12.4. The standard InChI is InChI=1S/C26H26ClF3N6O3/c1-2-10-35(24(39)26(28,29)30)17-11-18(21(38)20(17)37)36-13-32-19-22(33-25(27)34-23(19)36)31-12-15-8-5-7-14-6-3-4-9-16(14)15/h3-9,13,17-18,20-21,37-38H,2,10-12H2,1H3,(H,31,33,34)/t17?,18-,20-,21+/m1/s1. The second-order valence-corrected chi connectivity index (χ2v) is 9.84. The van der Waals surface area contributed by atoms with E-state index in [-0.39, 0.29) is 30.3 Å². The predicted molar refractivity (Wildman–Crippen MR) is 139 cm³/mol. The zero-order chi connectivity index (χ0) is 27.9. The van der Waals surface area contributed by atoms with E-state index < -0.39 is 36.4 Å². The number of nitrogens with zero attached hydrogens (tertiary/aromatic N) is 5. The van der Waals surface area contributed by atoms with Crippen molar-refractivity contribution in [2.45, 2.75) is 56.8 Å². The van der Waals surface area contributed by atoms with Crippen LogP contribution >= 0.6 is 11.6 Å². The molecular formula is C26H26ClF3N6O3. The van der Waals surface area contributed by atoms with E-state index in [4.69, 9.17) is 11.6 Å². The Hall–Kier alpha value is -3.48. The van der Waals surface area contributed by atoms with Crippen LogP contribution in [0.2, 0.25) is 5.28 Å². The number of halogens is 4. The maximum Gasteiger partial charge on any atom is 0.471 e. The summed E-state index contributed by atoms with van der Waals surface area (Å²) < 4.78 is 41.2. The van der Waals surface area contributed by atoms with Gasteiger partial charge in [0, 0.05) is 13.1 Å². The number of aliphatic hydroxyl groups excluding tert-OH is 2. The van der Waals surface area contributed by atoms with Crippen molar-refractivity contribution >= 4 is 45.3 Å². The maximum absolute atomic E-state index is 13.3. The quantitative estimate of drug-likeness (QED) is 0.291. The highest BCUT2D eigenvalue weighted by Crippen LogP contribution is 2.38. The van der Waals surface area contributed by atoms with E-state index >= 15 is 0 Å². The molecule has 13 heteroatoms. The number of rotatable bonds is 7. The van der Waals surface area contributed by atoms with Crippen LogP contribution in [0.1, 0.15) is 31.4 Å². The van der Waals surface area contributed by atoms with Crippen molar-refractivity contribution in [3.05, 3.63) is 59.6 Å². The van der Waals surface area contributed by atoms with E-state index in [0.717, 1.165) is 16.3 Å². The summed E-state index contributed by atoms with van der Waals surface area (Å²) >= 11 is 6.22. The summed E-state index contributed by atoms with van der Waals surface area (Å²) in [6.07, 6.45) is -6.72. The van der Waals surface area contributed by atoms with Gasteiger partial charge in [-0.15, -0.1) is 0 Å². The minimum absolute atomic E-state index is 0.103. The van der Waals surface area contributed by atoms with Crippen LogP contribution in [-0.2, 0) is 11.3 Å². The van der Waals surface area contributed by atoms with E-state index in [9.17, 15) is 28.2 Å². The molecule has 5 rings (SSSR count). The summed E-state index contributed by atoms with van der Waals surface area (Å²) in [7, 11) is 0. The van der Waals surface area contributed by atoms with Gasteiger partial charge in [-0.25, -0.2) is 4.98 Å². The second kappa shape index (κ2) is 10.6. The molecule has 1 fully saturated rings. The topological polar surface area (TPSA) is 116 Å². The number of fused-ring (bicyclic) bond motifs is 2. The lowest BCUT2D eigenvalue weighted by Gasteiger charge is -2.31. The van der Waals surface area contributed by atoms with Gasteiger partial charge in [-0.1, -0.05) is 49.4 Å². The third kappa shape index (κ3) is 5.11. The Morgan fingerprint density at radius 1 is 1.15 bits per heavy atom. The normalized spacial score (nSPS) is 21.5. The summed E-state index contributed by atoms with van der Waals surface area (Å²) in [5, 5.41) is 26.8. The number of hydrogen-bond donors (Lipinski definition) is 3. The minimum Gasteiger partial charge on any atom is -0.388 e. The van der Waals surface area contributed by atoms with Gasteiger partial charge in [-0.05, 0) is 40.8 Å². The molecule has 0 radical (unpaired) electrons. The Labute approximate surface area is 226 Å². The summed E-state index contributed by atoms with van der Waals surface area (Å²) in [5.41, 5.74) is 1.58. The number of imidazole rings is 1. The van der Waals surface area contributed by atoms with Gasteiger partial charge >= 0.3 is 12.1 Å². The van der Waals surface area contributed by atoms with Gasteiger partial charge in [-0.3, -0.25) is 4.79 Å². The highest BCUT2D eigenvalue weighted by molar-refractivity contribution is 6.28. The number of carbonyl (C=O) groups excluding carboxylic acids is 1. The SMILES string of the molecule is CCCN(C(=O)C(F)(F)F)C1C[C@@H](n2cnc3c(NCc4cccc5ccccc45)nc(Cl)nc32)[C@H](O)[C@@H]1O. The minimum atomic E-state index is -5.11. The van der Waals surface area contributed by atoms with Gasteiger partial charge in [0.15, 0.2) is 17.0 Å². The summed E-state index contributed by atoms with van der Waals surface area (Å²) in [5.74, 6) is -1.72. The highest BCUT2D eigenvalue weighted by atomic mass is 35.5. The van der Waals surface area contributed by atoms with Crippen LogP contribution in [0.5, 0.6) is 0 Å². The van der Waals surface area contributed by atoms with Crippen molar-refractivity contribution in [2.75, 3.05) is 11.9 Å². The fourth-order valence-corrected chi connectivity index (χ4v) is 5.44. The number of aliphatic hydroxyl groups is 2. The lowest BCUT2D eigenvalue weighted by Crippen LogP contribution is -2.51. The van der Waals surface area contributed by atoms with Crippen molar-refractivity contribution in [3.8, 4) is 0 Å². The highest BCUT2D eigenvalue weighted by Gasteiger charge is 2.51. The largest absolute Gasteiger partial charge is 0.471 e. The Kier molecular flexibility index (Phi) is 7.36. The van der Waals surface area contributed by atoms with Crippen LogP contribution in [-0.4, -0.2) is 71.5 Å². The number of aromatic nitrogens is 4. The van der Waals surface area contributed by atoms with Crippen molar-refractivity contribution < 1.29 is 28.2 Å². The van der Waals surface area contributed by atoms with Crippen LogP contribution in [0.3, 0.4) is 0 Å². The molecule has 2 aromatic carbocycles. The Bertz CT molecular complexity index is 1510. The smallest absolute Gasteiger partial charge is 0.388 e. The van der Waals surface area contributed by atoms with Gasteiger partial charge < -0.3 is 25.0 Å². The number of nitrogens with one attached hydrogen (secondary N) is 1. The number of carbonyl (C=O) groups is 1. The van der Waals surface area contributed by atoms with Crippen LogP contribution in [0.25, 0.3) is 21.9 Å². The van der Waals surface area contributed by atoms with Gasteiger partial charge in [-0.2, -0.15) is 23.1 Å². The molecule has 0 aliphatic heterocycles. The molecule has 206 valence electrons. The molecule has 3 N–H and O–H groups in total. The fraction of sp³-hybridized carbons (Fsp3) is 0.385. The van der Waals surface area contributed by atoms with Crippen LogP contribution < -0.4 is 5.32 Å². The van der Waals surface area contributed by atoms with Gasteiger partial charge in [0.25, 0.3) is 0 Å². The molecule has 0 bridgehead atoms. The molecule has 9 nitrogen and oxygen atoms in total. The third-order valence-corrected chi connectivity index (χ3v) is 7.24. The van der Waals surface area contributed by atoms with Gasteiger partial charge in [0.1, 0.15) is 12.2 Å². The van der Waals surface area contributed by atoms with E-state index in [1.165, 1.54) is 10.9 Å². The molecule has 4 atom stereocenters. The summed E-state index contributed by atoms with van der Waals surface area (Å²) in [4.78, 5) is 25.6. The molecule has 0 spiro atoms. The third-order valence-electron chi connectivity index (χ3n) is 7.07. The molecule has 2 aromatic heterocycles. The van der Waals surface area contributed by atoms with E-state index in [1.807, 2.05) is 42.5 Å². The lowest BCUT2D eigenvalue weighted by molar-refractivity contribution is -0.190. The van der Waals surface area contributed by atoms with Crippen LogP contribution in [0, 0.1) is 0 Å². The predicted octanol–water partition coefficient (Wildman–Crippen LogP) is 4.08. The van der Waals surface area contributed by atoms with Gasteiger partial charge in [0.05, 0.1) is 18.4 Å². The van der Waals surface area contributed by atoms with Crippen molar-refractivity contribution in [2.24, 2.45) is 0 Å². The Morgan fingerprint density at radius 2 is 1.90 bits per heavy atom. The maximum atomic E-state index is 13.3. The molecule has 1 unspecified atom stereocenters.